The first-order valence-corrected chi connectivity index (χ1v) is 9.51. The van der Waals surface area contributed by atoms with E-state index in [0.29, 0.717) is 11.3 Å². The molecule has 3 aromatic heterocycles. The molecule has 0 bridgehead atoms. The van der Waals surface area contributed by atoms with Crippen molar-refractivity contribution in [2.45, 2.75) is 6.04 Å². The van der Waals surface area contributed by atoms with E-state index >= 15 is 0 Å². The number of ether oxygens (including phenoxy) is 1. The number of benzene rings is 1. The lowest BCUT2D eigenvalue weighted by molar-refractivity contribution is 0.0917. The first kappa shape index (κ1) is 15.9. The van der Waals surface area contributed by atoms with Crippen LogP contribution in [0.5, 0.6) is 5.75 Å². The molecular formula is C19H15NO3S2. The fourth-order valence-corrected chi connectivity index (χ4v) is 4.21. The van der Waals surface area contributed by atoms with E-state index in [1.54, 1.807) is 35.8 Å². The van der Waals surface area contributed by atoms with Gasteiger partial charge in [-0.05, 0) is 46.0 Å². The van der Waals surface area contributed by atoms with Gasteiger partial charge < -0.3 is 14.5 Å². The summed E-state index contributed by atoms with van der Waals surface area (Å²) in [6.07, 6.45) is 0. The Labute approximate surface area is 152 Å². The zero-order chi connectivity index (χ0) is 17.2. The minimum Gasteiger partial charge on any atom is -0.493 e. The van der Waals surface area contributed by atoms with Crippen molar-refractivity contribution in [1.29, 1.82) is 0 Å². The van der Waals surface area contributed by atoms with E-state index in [1.165, 1.54) is 0 Å². The Morgan fingerprint density at radius 1 is 1.20 bits per heavy atom. The van der Waals surface area contributed by atoms with E-state index in [9.17, 15) is 4.79 Å². The summed E-state index contributed by atoms with van der Waals surface area (Å²) < 4.78 is 11.1. The summed E-state index contributed by atoms with van der Waals surface area (Å²) in [7, 11) is 1.58. The number of hydrogen-bond acceptors (Lipinski definition) is 5. The molecule has 6 heteroatoms. The molecule has 1 amide bonds. The van der Waals surface area contributed by atoms with E-state index in [4.69, 9.17) is 9.15 Å². The number of carbonyl (C=O) groups is 1. The SMILES string of the molecule is COc1cccc2cc(C(=O)N[C@H](c3ccsc3)c3cccs3)oc12. The fourth-order valence-electron chi connectivity index (χ4n) is 2.72. The molecule has 0 aliphatic heterocycles. The van der Waals surface area contributed by atoms with Crippen LogP contribution < -0.4 is 10.1 Å². The average Bonchev–Trinajstić information content (AvgIpc) is 3.40. The topological polar surface area (TPSA) is 51.5 Å². The van der Waals surface area contributed by atoms with Crippen LogP contribution in [0.2, 0.25) is 0 Å². The third-order valence-electron chi connectivity index (χ3n) is 3.93. The van der Waals surface area contributed by atoms with Crippen LogP contribution in [0, 0.1) is 0 Å². The van der Waals surface area contributed by atoms with Gasteiger partial charge in [0.15, 0.2) is 17.1 Å². The quantitative estimate of drug-likeness (QED) is 0.533. The minimum atomic E-state index is -0.247. The van der Waals surface area contributed by atoms with E-state index in [1.807, 2.05) is 52.5 Å². The van der Waals surface area contributed by atoms with Crippen LogP contribution in [-0.4, -0.2) is 13.0 Å². The Balaban J connectivity index is 1.66. The van der Waals surface area contributed by atoms with Crippen molar-refractivity contribution in [2.75, 3.05) is 7.11 Å². The number of fused-ring (bicyclic) bond motifs is 1. The molecule has 126 valence electrons. The Bertz CT molecular complexity index is 953. The van der Waals surface area contributed by atoms with Gasteiger partial charge in [0.05, 0.1) is 13.2 Å². The van der Waals surface area contributed by atoms with Gasteiger partial charge in [0.25, 0.3) is 5.91 Å². The predicted molar refractivity (Wildman–Crippen MR) is 101 cm³/mol. The van der Waals surface area contributed by atoms with E-state index in [-0.39, 0.29) is 17.7 Å². The molecule has 0 unspecified atom stereocenters. The maximum Gasteiger partial charge on any atom is 0.287 e. The monoisotopic (exact) mass is 369 g/mol. The summed E-state index contributed by atoms with van der Waals surface area (Å²) in [5.74, 6) is 0.642. The molecule has 0 aliphatic rings. The van der Waals surface area contributed by atoms with Crippen LogP contribution in [0.1, 0.15) is 27.0 Å². The molecular weight excluding hydrogens is 354 g/mol. The van der Waals surface area contributed by atoms with Crippen LogP contribution >= 0.6 is 22.7 Å². The molecule has 1 aromatic carbocycles. The molecule has 0 radical (unpaired) electrons. The second kappa shape index (κ2) is 6.74. The lowest BCUT2D eigenvalue weighted by Crippen LogP contribution is -2.28. The number of rotatable bonds is 5. The molecule has 0 spiro atoms. The van der Waals surface area contributed by atoms with Gasteiger partial charge in [-0.1, -0.05) is 18.2 Å². The van der Waals surface area contributed by atoms with Gasteiger partial charge in [0.2, 0.25) is 0 Å². The van der Waals surface area contributed by atoms with Gasteiger partial charge in [-0.3, -0.25) is 4.79 Å². The Hall–Kier alpha value is -2.57. The Kier molecular flexibility index (Phi) is 4.29. The molecule has 0 aliphatic carbocycles. The zero-order valence-corrected chi connectivity index (χ0v) is 15.0. The van der Waals surface area contributed by atoms with Gasteiger partial charge >= 0.3 is 0 Å². The average molecular weight is 369 g/mol. The van der Waals surface area contributed by atoms with Crippen LogP contribution in [0.15, 0.2) is 63.0 Å². The minimum absolute atomic E-state index is 0.186. The second-order valence-electron chi connectivity index (χ2n) is 5.47. The molecule has 4 aromatic rings. The third-order valence-corrected chi connectivity index (χ3v) is 5.57. The maximum absolute atomic E-state index is 12.8. The molecule has 3 heterocycles. The highest BCUT2D eigenvalue weighted by molar-refractivity contribution is 7.10. The molecule has 4 nitrogen and oxygen atoms in total. The molecule has 4 rings (SSSR count). The smallest absolute Gasteiger partial charge is 0.287 e. The van der Waals surface area contributed by atoms with Crippen molar-refractivity contribution in [3.05, 3.63) is 74.8 Å². The summed E-state index contributed by atoms with van der Waals surface area (Å²) in [6, 6.07) is 13.2. The van der Waals surface area contributed by atoms with Gasteiger partial charge in [-0.25, -0.2) is 0 Å². The summed E-state index contributed by atoms with van der Waals surface area (Å²) >= 11 is 3.23. The second-order valence-corrected chi connectivity index (χ2v) is 7.23. The lowest BCUT2D eigenvalue weighted by Gasteiger charge is -2.15. The van der Waals surface area contributed by atoms with Crippen LogP contribution in [-0.2, 0) is 0 Å². The van der Waals surface area contributed by atoms with Gasteiger partial charge in [-0.2, -0.15) is 11.3 Å². The molecule has 1 atom stereocenters. The van der Waals surface area contributed by atoms with Crippen molar-refractivity contribution in [1.82, 2.24) is 5.32 Å². The Morgan fingerprint density at radius 2 is 2.12 bits per heavy atom. The highest BCUT2D eigenvalue weighted by atomic mass is 32.1. The summed E-state index contributed by atoms with van der Waals surface area (Å²) in [5, 5.41) is 9.98. The Morgan fingerprint density at radius 3 is 2.84 bits per heavy atom. The zero-order valence-electron chi connectivity index (χ0n) is 13.4. The van der Waals surface area contributed by atoms with E-state index < -0.39 is 0 Å². The largest absolute Gasteiger partial charge is 0.493 e. The van der Waals surface area contributed by atoms with Crippen LogP contribution in [0.25, 0.3) is 11.0 Å². The summed E-state index contributed by atoms with van der Waals surface area (Å²) in [4.78, 5) is 13.9. The normalized spacial score (nSPS) is 12.2. The number of hydrogen-bond donors (Lipinski definition) is 1. The van der Waals surface area contributed by atoms with Gasteiger partial charge in [-0.15, -0.1) is 11.3 Å². The van der Waals surface area contributed by atoms with Gasteiger partial charge in [0.1, 0.15) is 0 Å². The number of para-hydroxylation sites is 1. The fraction of sp³-hybridized carbons (Fsp3) is 0.105. The third kappa shape index (κ3) is 3.06. The molecule has 0 saturated carbocycles. The van der Waals surface area contributed by atoms with Crippen molar-refractivity contribution >= 4 is 39.5 Å². The van der Waals surface area contributed by atoms with E-state index in [2.05, 4.69) is 5.32 Å². The molecule has 25 heavy (non-hydrogen) atoms. The lowest BCUT2D eigenvalue weighted by atomic mass is 10.1. The van der Waals surface area contributed by atoms with Crippen molar-refractivity contribution in [3.63, 3.8) is 0 Å². The van der Waals surface area contributed by atoms with Crippen molar-refractivity contribution < 1.29 is 13.9 Å². The number of nitrogens with one attached hydrogen (secondary N) is 1. The molecule has 0 saturated heterocycles. The molecule has 1 N–H and O–H groups in total. The first-order chi connectivity index (χ1) is 12.3. The number of thiophene rings is 2. The van der Waals surface area contributed by atoms with Crippen LogP contribution in [0.4, 0.5) is 0 Å². The highest BCUT2D eigenvalue weighted by Crippen LogP contribution is 2.30. The summed E-state index contributed by atoms with van der Waals surface area (Å²) in [6.45, 7) is 0. The van der Waals surface area contributed by atoms with Crippen molar-refractivity contribution in [3.8, 4) is 5.75 Å². The number of amides is 1. The van der Waals surface area contributed by atoms with Crippen LogP contribution in [0.3, 0.4) is 0 Å². The maximum atomic E-state index is 12.8. The number of methoxy groups -OCH3 is 1. The van der Waals surface area contributed by atoms with Crippen molar-refractivity contribution in [2.24, 2.45) is 0 Å². The predicted octanol–water partition coefficient (Wildman–Crippen LogP) is 5.08. The highest BCUT2D eigenvalue weighted by Gasteiger charge is 2.22. The standard InChI is InChI=1S/C19H15NO3S2/c1-22-14-5-2-4-12-10-15(23-18(12)14)19(21)20-17(13-7-9-24-11-13)16-6-3-8-25-16/h2-11,17H,1H3,(H,20,21)/t17-/m1/s1. The summed E-state index contributed by atoms with van der Waals surface area (Å²) in [5.41, 5.74) is 1.65. The number of carbonyl (C=O) groups excluding carboxylic acids is 1. The molecule has 0 fully saturated rings. The van der Waals surface area contributed by atoms with E-state index in [0.717, 1.165) is 15.8 Å². The number of furan rings is 1. The van der Waals surface area contributed by atoms with Gasteiger partial charge in [0, 0.05) is 10.3 Å². The first-order valence-electron chi connectivity index (χ1n) is 7.69.